The van der Waals surface area contributed by atoms with Crippen molar-refractivity contribution in [3.63, 3.8) is 0 Å². The fraction of sp³-hybridized carbons (Fsp3) is 0.316. The van der Waals surface area contributed by atoms with Crippen LogP contribution < -0.4 is 20.3 Å². The van der Waals surface area contributed by atoms with E-state index in [2.05, 4.69) is 0 Å². The summed E-state index contributed by atoms with van der Waals surface area (Å²) < 4.78 is 5.85. The third-order valence-corrected chi connectivity index (χ3v) is 4.14. The van der Waals surface area contributed by atoms with Crippen LogP contribution in [0, 0.1) is 0 Å². The molecule has 2 aromatic rings. The number of rotatable bonds is 4. The molecule has 126 valence electrons. The molecule has 24 heavy (non-hydrogen) atoms. The molecule has 2 N–H and O–H groups in total. The molecule has 1 atom stereocenters. The second-order valence-electron chi connectivity index (χ2n) is 6.01. The highest BCUT2D eigenvalue weighted by Gasteiger charge is 2.26. The van der Waals surface area contributed by atoms with Crippen molar-refractivity contribution >= 4 is 23.0 Å². The Morgan fingerprint density at radius 2 is 2.04 bits per heavy atom. The van der Waals surface area contributed by atoms with Gasteiger partial charge in [0.05, 0.1) is 18.8 Å². The van der Waals surface area contributed by atoms with Gasteiger partial charge in [-0.05, 0) is 44.2 Å². The minimum absolute atomic E-state index is 0.0285. The number of para-hydroxylation sites is 1. The monoisotopic (exact) mass is 325 g/mol. The van der Waals surface area contributed by atoms with Crippen LogP contribution in [0.4, 0.5) is 17.1 Å². The van der Waals surface area contributed by atoms with Gasteiger partial charge in [0.25, 0.3) is 0 Å². The van der Waals surface area contributed by atoms with Crippen molar-refractivity contribution in [3.05, 3.63) is 48.5 Å². The van der Waals surface area contributed by atoms with Gasteiger partial charge >= 0.3 is 0 Å². The Bertz CT molecular complexity index is 718. The summed E-state index contributed by atoms with van der Waals surface area (Å²) in [6.07, 6.45) is 0.0285. The number of nitrogen functional groups attached to an aromatic ring is 1. The van der Waals surface area contributed by atoms with Gasteiger partial charge in [0.2, 0.25) is 5.91 Å². The molecular weight excluding hydrogens is 302 g/mol. The van der Waals surface area contributed by atoms with Crippen LogP contribution in [0.3, 0.4) is 0 Å². The number of ether oxygens (including phenoxy) is 1. The molecule has 0 aliphatic carbocycles. The molecule has 0 radical (unpaired) electrons. The molecule has 1 aliphatic rings. The highest BCUT2D eigenvalue weighted by molar-refractivity contribution is 5.96. The highest BCUT2D eigenvalue weighted by atomic mass is 16.5. The van der Waals surface area contributed by atoms with E-state index in [4.69, 9.17) is 10.5 Å². The standard InChI is InChI=1S/C19H23N3O2/c1-3-22(16-7-5-4-6-8-16)19(23)13-21-12-14(2)24-18-10-9-15(20)11-17(18)21/h4-11,14H,3,12-13,20H2,1-2H3. The summed E-state index contributed by atoms with van der Waals surface area (Å²) in [6, 6.07) is 15.3. The number of hydrogen-bond donors (Lipinski definition) is 1. The van der Waals surface area contributed by atoms with Gasteiger partial charge in [-0.2, -0.15) is 0 Å². The van der Waals surface area contributed by atoms with Crippen LogP contribution in [0.15, 0.2) is 48.5 Å². The molecule has 5 heteroatoms. The van der Waals surface area contributed by atoms with Crippen LogP contribution in [-0.4, -0.2) is 31.6 Å². The molecule has 1 amide bonds. The molecular formula is C19H23N3O2. The van der Waals surface area contributed by atoms with Gasteiger partial charge in [-0.25, -0.2) is 0 Å². The van der Waals surface area contributed by atoms with Gasteiger partial charge in [-0.1, -0.05) is 18.2 Å². The number of carbonyl (C=O) groups excluding carboxylic acids is 1. The van der Waals surface area contributed by atoms with E-state index in [1.54, 1.807) is 4.90 Å². The topological polar surface area (TPSA) is 58.8 Å². The molecule has 3 rings (SSSR count). The molecule has 2 aromatic carbocycles. The average molecular weight is 325 g/mol. The van der Waals surface area contributed by atoms with Gasteiger partial charge < -0.3 is 20.3 Å². The molecule has 5 nitrogen and oxygen atoms in total. The first-order valence-corrected chi connectivity index (χ1v) is 8.25. The third-order valence-electron chi connectivity index (χ3n) is 4.14. The molecule has 1 unspecified atom stereocenters. The maximum Gasteiger partial charge on any atom is 0.246 e. The quantitative estimate of drug-likeness (QED) is 0.878. The van der Waals surface area contributed by atoms with Crippen molar-refractivity contribution in [1.82, 2.24) is 0 Å². The lowest BCUT2D eigenvalue weighted by molar-refractivity contribution is -0.117. The zero-order chi connectivity index (χ0) is 17.1. The maximum atomic E-state index is 12.9. The van der Waals surface area contributed by atoms with E-state index in [0.29, 0.717) is 25.3 Å². The van der Waals surface area contributed by atoms with E-state index < -0.39 is 0 Å². The van der Waals surface area contributed by atoms with E-state index in [1.165, 1.54) is 0 Å². The van der Waals surface area contributed by atoms with Crippen LogP contribution in [0.5, 0.6) is 5.75 Å². The molecule has 0 aromatic heterocycles. The summed E-state index contributed by atoms with van der Waals surface area (Å²) in [6.45, 7) is 5.58. The first kappa shape index (κ1) is 16.2. The third kappa shape index (κ3) is 3.30. The minimum Gasteiger partial charge on any atom is -0.487 e. The molecule has 0 fully saturated rings. The molecule has 0 spiro atoms. The summed E-state index contributed by atoms with van der Waals surface area (Å²) >= 11 is 0. The number of hydrogen-bond acceptors (Lipinski definition) is 4. The second kappa shape index (κ2) is 6.83. The number of anilines is 3. The largest absolute Gasteiger partial charge is 0.487 e. The normalized spacial score (nSPS) is 16.2. The lowest BCUT2D eigenvalue weighted by Gasteiger charge is -2.35. The summed E-state index contributed by atoms with van der Waals surface area (Å²) in [5.41, 5.74) is 8.37. The molecule has 1 aliphatic heterocycles. The average Bonchev–Trinajstić information content (AvgIpc) is 2.57. The SMILES string of the molecule is CCN(C(=O)CN1CC(C)Oc2ccc(N)cc21)c1ccccc1. The number of likely N-dealkylation sites (N-methyl/N-ethyl adjacent to an activating group) is 1. The van der Waals surface area contributed by atoms with Gasteiger partial charge in [-0.15, -0.1) is 0 Å². The smallest absolute Gasteiger partial charge is 0.246 e. The Kier molecular flexibility index (Phi) is 4.60. The van der Waals surface area contributed by atoms with E-state index in [1.807, 2.05) is 67.3 Å². The predicted molar refractivity (Wildman–Crippen MR) is 97.6 cm³/mol. The second-order valence-corrected chi connectivity index (χ2v) is 6.01. The zero-order valence-electron chi connectivity index (χ0n) is 14.1. The summed E-state index contributed by atoms with van der Waals surface area (Å²) in [5, 5.41) is 0. The highest BCUT2D eigenvalue weighted by Crippen LogP contribution is 2.35. The molecule has 0 bridgehead atoms. The number of fused-ring (bicyclic) bond motifs is 1. The Morgan fingerprint density at radius 3 is 2.75 bits per heavy atom. The predicted octanol–water partition coefficient (Wildman–Crippen LogP) is 2.91. The number of nitrogens with zero attached hydrogens (tertiary/aromatic N) is 2. The Labute approximate surface area is 142 Å². The first-order chi connectivity index (χ1) is 11.6. The van der Waals surface area contributed by atoms with Crippen molar-refractivity contribution < 1.29 is 9.53 Å². The van der Waals surface area contributed by atoms with Crippen LogP contribution >= 0.6 is 0 Å². The van der Waals surface area contributed by atoms with Crippen molar-refractivity contribution in [2.75, 3.05) is 35.2 Å². The number of carbonyl (C=O) groups is 1. The summed E-state index contributed by atoms with van der Waals surface area (Å²) in [5.74, 6) is 0.838. The van der Waals surface area contributed by atoms with Gasteiger partial charge in [0, 0.05) is 17.9 Å². The molecule has 0 saturated heterocycles. The number of benzene rings is 2. The Hall–Kier alpha value is -2.69. The lowest BCUT2D eigenvalue weighted by Crippen LogP contribution is -2.45. The van der Waals surface area contributed by atoms with Gasteiger partial charge in [-0.3, -0.25) is 4.79 Å². The van der Waals surface area contributed by atoms with Gasteiger partial charge in [0.1, 0.15) is 11.9 Å². The molecule has 1 heterocycles. The number of nitrogens with two attached hydrogens (primary N) is 1. The van der Waals surface area contributed by atoms with E-state index in [9.17, 15) is 4.79 Å². The Balaban J connectivity index is 1.83. The van der Waals surface area contributed by atoms with Crippen molar-refractivity contribution in [3.8, 4) is 5.75 Å². The van der Waals surface area contributed by atoms with Crippen molar-refractivity contribution in [2.45, 2.75) is 20.0 Å². The van der Waals surface area contributed by atoms with Crippen LogP contribution in [0.2, 0.25) is 0 Å². The fourth-order valence-corrected chi connectivity index (χ4v) is 3.05. The maximum absolute atomic E-state index is 12.9. The van der Waals surface area contributed by atoms with E-state index in [-0.39, 0.29) is 12.0 Å². The lowest BCUT2D eigenvalue weighted by atomic mass is 10.1. The number of amides is 1. The molecule has 0 saturated carbocycles. The fourth-order valence-electron chi connectivity index (χ4n) is 3.05. The van der Waals surface area contributed by atoms with Crippen LogP contribution in [0.1, 0.15) is 13.8 Å². The summed E-state index contributed by atoms with van der Waals surface area (Å²) in [4.78, 5) is 16.7. The van der Waals surface area contributed by atoms with Crippen LogP contribution in [0.25, 0.3) is 0 Å². The first-order valence-electron chi connectivity index (χ1n) is 8.25. The zero-order valence-corrected chi connectivity index (χ0v) is 14.1. The van der Waals surface area contributed by atoms with E-state index >= 15 is 0 Å². The van der Waals surface area contributed by atoms with Crippen LogP contribution in [-0.2, 0) is 4.79 Å². The van der Waals surface area contributed by atoms with E-state index in [0.717, 1.165) is 17.1 Å². The van der Waals surface area contributed by atoms with Gasteiger partial charge in [0.15, 0.2) is 0 Å². The van der Waals surface area contributed by atoms with Crippen molar-refractivity contribution in [2.24, 2.45) is 0 Å². The summed E-state index contributed by atoms with van der Waals surface area (Å²) in [7, 11) is 0. The van der Waals surface area contributed by atoms with Crippen molar-refractivity contribution in [1.29, 1.82) is 0 Å². The Morgan fingerprint density at radius 1 is 1.29 bits per heavy atom. The minimum atomic E-state index is 0.0285.